The summed E-state index contributed by atoms with van der Waals surface area (Å²) in [5.74, 6) is 0.949. The number of para-hydroxylation sites is 1. The zero-order chi connectivity index (χ0) is 14.1. The highest BCUT2D eigenvalue weighted by Crippen LogP contribution is 2.36. The Morgan fingerprint density at radius 3 is 2.75 bits per heavy atom. The summed E-state index contributed by atoms with van der Waals surface area (Å²) in [4.78, 5) is 0. The number of hydrogen-bond acceptors (Lipinski definition) is 2. The Labute approximate surface area is 120 Å². The second-order valence-electron chi connectivity index (χ2n) is 5.72. The molecule has 2 nitrogen and oxygen atoms in total. The van der Waals surface area contributed by atoms with E-state index in [1.807, 2.05) is 12.1 Å². The van der Waals surface area contributed by atoms with Crippen LogP contribution in [0.4, 0.5) is 0 Å². The smallest absolute Gasteiger partial charge is 0.127 e. The Morgan fingerprint density at radius 1 is 1.15 bits per heavy atom. The van der Waals surface area contributed by atoms with Crippen LogP contribution in [0.3, 0.4) is 0 Å². The summed E-state index contributed by atoms with van der Waals surface area (Å²) in [6.45, 7) is 4.11. The van der Waals surface area contributed by atoms with Crippen molar-refractivity contribution in [1.29, 1.82) is 0 Å². The van der Waals surface area contributed by atoms with Crippen LogP contribution >= 0.6 is 0 Å². The van der Waals surface area contributed by atoms with E-state index in [0.717, 1.165) is 24.2 Å². The van der Waals surface area contributed by atoms with Crippen molar-refractivity contribution in [2.45, 2.75) is 38.8 Å². The molecule has 0 bridgehead atoms. The molecule has 0 radical (unpaired) electrons. The van der Waals surface area contributed by atoms with E-state index in [1.165, 1.54) is 16.7 Å². The Kier molecular flexibility index (Phi) is 3.49. The van der Waals surface area contributed by atoms with Crippen LogP contribution in [0.15, 0.2) is 42.5 Å². The van der Waals surface area contributed by atoms with Crippen molar-refractivity contribution >= 4 is 0 Å². The SMILES string of the molecule is CC(C)Oc1ccccc1-c1ccc2c(c1)CCC2N. The molecule has 104 valence electrons. The Hall–Kier alpha value is -1.80. The van der Waals surface area contributed by atoms with Gasteiger partial charge in [-0.1, -0.05) is 36.4 Å². The first-order valence-corrected chi connectivity index (χ1v) is 7.29. The third kappa shape index (κ3) is 2.44. The van der Waals surface area contributed by atoms with Gasteiger partial charge in [0.25, 0.3) is 0 Å². The van der Waals surface area contributed by atoms with E-state index < -0.39 is 0 Å². The average Bonchev–Trinajstić information content (AvgIpc) is 2.80. The standard InChI is InChI=1S/C18H21NO/c1-12(2)20-18-6-4-3-5-16(18)14-7-9-15-13(11-14)8-10-17(15)19/h3-7,9,11-12,17H,8,10,19H2,1-2H3. The summed E-state index contributed by atoms with van der Waals surface area (Å²) in [6, 6.07) is 15.0. The van der Waals surface area contributed by atoms with Crippen LogP contribution in [0.25, 0.3) is 11.1 Å². The van der Waals surface area contributed by atoms with Crippen molar-refractivity contribution in [2.24, 2.45) is 5.73 Å². The highest BCUT2D eigenvalue weighted by molar-refractivity contribution is 5.71. The van der Waals surface area contributed by atoms with Crippen molar-refractivity contribution in [3.05, 3.63) is 53.6 Å². The number of aryl methyl sites for hydroxylation is 1. The molecule has 0 heterocycles. The molecular weight excluding hydrogens is 246 g/mol. The van der Waals surface area contributed by atoms with Crippen LogP contribution in [0.1, 0.15) is 37.4 Å². The van der Waals surface area contributed by atoms with E-state index in [-0.39, 0.29) is 12.1 Å². The van der Waals surface area contributed by atoms with E-state index in [0.29, 0.717) is 0 Å². The fraction of sp³-hybridized carbons (Fsp3) is 0.333. The van der Waals surface area contributed by atoms with E-state index >= 15 is 0 Å². The highest BCUT2D eigenvalue weighted by Gasteiger charge is 2.19. The highest BCUT2D eigenvalue weighted by atomic mass is 16.5. The number of rotatable bonds is 3. The van der Waals surface area contributed by atoms with Gasteiger partial charge in [0.15, 0.2) is 0 Å². The van der Waals surface area contributed by atoms with Crippen molar-refractivity contribution in [3.63, 3.8) is 0 Å². The summed E-state index contributed by atoms with van der Waals surface area (Å²) in [7, 11) is 0. The second-order valence-corrected chi connectivity index (χ2v) is 5.72. The molecule has 0 fully saturated rings. The maximum Gasteiger partial charge on any atom is 0.127 e. The third-order valence-electron chi connectivity index (χ3n) is 3.83. The third-order valence-corrected chi connectivity index (χ3v) is 3.83. The van der Waals surface area contributed by atoms with E-state index in [2.05, 4.69) is 44.2 Å². The molecule has 0 aliphatic heterocycles. The number of fused-ring (bicyclic) bond motifs is 1. The van der Waals surface area contributed by atoms with Gasteiger partial charge in [-0.05, 0) is 49.4 Å². The predicted octanol–water partition coefficient (Wildman–Crippen LogP) is 4.09. The molecule has 2 aromatic rings. The van der Waals surface area contributed by atoms with Gasteiger partial charge in [-0.25, -0.2) is 0 Å². The van der Waals surface area contributed by atoms with Crippen LogP contribution in [0, 0.1) is 0 Å². The minimum Gasteiger partial charge on any atom is -0.490 e. The number of ether oxygens (including phenoxy) is 1. The normalized spacial score (nSPS) is 17.3. The van der Waals surface area contributed by atoms with E-state index in [1.54, 1.807) is 0 Å². The van der Waals surface area contributed by atoms with Gasteiger partial charge in [0.2, 0.25) is 0 Å². The van der Waals surface area contributed by atoms with Gasteiger partial charge < -0.3 is 10.5 Å². The summed E-state index contributed by atoms with van der Waals surface area (Å²) in [5, 5.41) is 0. The van der Waals surface area contributed by atoms with Crippen molar-refractivity contribution < 1.29 is 4.74 Å². The first-order chi connectivity index (χ1) is 9.65. The van der Waals surface area contributed by atoms with E-state index in [4.69, 9.17) is 10.5 Å². The quantitative estimate of drug-likeness (QED) is 0.909. The average molecular weight is 267 g/mol. The molecule has 1 aliphatic rings. The molecule has 3 rings (SSSR count). The van der Waals surface area contributed by atoms with Gasteiger partial charge in [-0.2, -0.15) is 0 Å². The first-order valence-electron chi connectivity index (χ1n) is 7.29. The Balaban J connectivity index is 2.01. The van der Waals surface area contributed by atoms with Crippen LogP contribution in [0.5, 0.6) is 5.75 Å². The lowest BCUT2D eigenvalue weighted by atomic mass is 9.99. The zero-order valence-corrected chi connectivity index (χ0v) is 12.1. The maximum absolute atomic E-state index is 6.11. The number of hydrogen-bond donors (Lipinski definition) is 1. The van der Waals surface area contributed by atoms with Gasteiger partial charge in [0.05, 0.1) is 6.10 Å². The number of benzene rings is 2. The molecule has 0 spiro atoms. The molecule has 1 unspecified atom stereocenters. The van der Waals surface area contributed by atoms with Crippen molar-refractivity contribution in [1.82, 2.24) is 0 Å². The summed E-state index contributed by atoms with van der Waals surface area (Å²) in [5.41, 5.74) is 11.2. The summed E-state index contributed by atoms with van der Waals surface area (Å²) in [6.07, 6.45) is 2.32. The van der Waals surface area contributed by atoms with Crippen LogP contribution in [-0.4, -0.2) is 6.10 Å². The molecule has 0 amide bonds. The van der Waals surface area contributed by atoms with Gasteiger partial charge in [-0.15, -0.1) is 0 Å². The fourth-order valence-electron chi connectivity index (χ4n) is 2.88. The maximum atomic E-state index is 6.11. The van der Waals surface area contributed by atoms with Crippen molar-refractivity contribution in [3.8, 4) is 16.9 Å². The lowest BCUT2D eigenvalue weighted by Crippen LogP contribution is -2.06. The minimum absolute atomic E-state index is 0.180. The molecule has 1 atom stereocenters. The van der Waals surface area contributed by atoms with Crippen molar-refractivity contribution in [2.75, 3.05) is 0 Å². The molecular formula is C18H21NO. The topological polar surface area (TPSA) is 35.2 Å². The lowest BCUT2D eigenvalue weighted by Gasteiger charge is -2.15. The number of nitrogens with two attached hydrogens (primary N) is 1. The van der Waals surface area contributed by atoms with Gasteiger partial charge in [0.1, 0.15) is 5.75 Å². The first kappa shape index (κ1) is 13.2. The summed E-state index contributed by atoms with van der Waals surface area (Å²) < 4.78 is 5.92. The molecule has 0 saturated heterocycles. The monoisotopic (exact) mass is 267 g/mol. The van der Waals surface area contributed by atoms with E-state index in [9.17, 15) is 0 Å². The molecule has 20 heavy (non-hydrogen) atoms. The molecule has 2 N–H and O–H groups in total. The predicted molar refractivity (Wildman–Crippen MR) is 82.9 cm³/mol. The largest absolute Gasteiger partial charge is 0.490 e. The van der Waals surface area contributed by atoms with Crippen LogP contribution in [0.2, 0.25) is 0 Å². The molecule has 2 aromatic carbocycles. The molecule has 1 aliphatic carbocycles. The van der Waals surface area contributed by atoms with Crippen LogP contribution < -0.4 is 10.5 Å². The Morgan fingerprint density at radius 2 is 1.95 bits per heavy atom. The summed E-state index contributed by atoms with van der Waals surface area (Å²) >= 11 is 0. The fourth-order valence-corrected chi connectivity index (χ4v) is 2.88. The second kappa shape index (κ2) is 5.29. The molecule has 2 heteroatoms. The molecule has 0 aromatic heterocycles. The lowest BCUT2D eigenvalue weighted by molar-refractivity contribution is 0.243. The van der Waals surface area contributed by atoms with Gasteiger partial charge >= 0.3 is 0 Å². The molecule has 0 saturated carbocycles. The van der Waals surface area contributed by atoms with Gasteiger partial charge in [-0.3, -0.25) is 0 Å². The Bertz CT molecular complexity index is 619. The zero-order valence-electron chi connectivity index (χ0n) is 12.1. The minimum atomic E-state index is 0.180. The van der Waals surface area contributed by atoms with Crippen LogP contribution in [-0.2, 0) is 6.42 Å². The van der Waals surface area contributed by atoms with Gasteiger partial charge in [0, 0.05) is 11.6 Å².